The molecule has 5 nitrogen and oxygen atoms in total. The SMILES string of the molecule is CN=C(NCC1CC=CCC1)N1CCC(c2cnn(C)c2)C1. The third-order valence-electron chi connectivity index (χ3n) is 4.82. The van der Waals surface area contributed by atoms with Crippen molar-refractivity contribution in [3.05, 3.63) is 30.1 Å². The number of hydrogen-bond acceptors (Lipinski definition) is 2. The van der Waals surface area contributed by atoms with Crippen LogP contribution in [0.5, 0.6) is 0 Å². The van der Waals surface area contributed by atoms with Crippen molar-refractivity contribution in [2.24, 2.45) is 18.0 Å². The van der Waals surface area contributed by atoms with E-state index in [2.05, 4.69) is 38.7 Å². The Bertz CT molecular complexity index is 545. The van der Waals surface area contributed by atoms with Crippen LogP contribution in [0.25, 0.3) is 0 Å². The highest BCUT2D eigenvalue weighted by atomic mass is 15.3. The number of allylic oxidation sites excluding steroid dienone is 2. The summed E-state index contributed by atoms with van der Waals surface area (Å²) >= 11 is 0. The second kappa shape index (κ2) is 6.99. The van der Waals surface area contributed by atoms with Gasteiger partial charge in [0.2, 0.25) is 0 Å². The highest BCUT2D eigenvalue weighted by Crippen LogP contribution is 2.26. The van der Waals surface area contributed by atoms with Crippen LogP contribution in [-0.2, 0) is 7.05 Å². The lowest BCUT2D eigenvalue weighted by atomic mass is 9.94. The van der Waals surface area contributed by atoms with Gasteiger partial charge in [0.25, 0.3) is 0 Å². The van der Waals surface area contributed by atoms with Crippen LogP contribution in [0.15, 0.2) is 29.5 Å². The van der Waals surface area contributed by atoms with E-state index >= 15 is 0 Å². The Hall–Kier alpha value is -1.78. The summed E-state index contributed by atoms with van der Waals surface area (Å²) in [7, 11) is 3.87. The average molecular weight is 301 g/mol. The third-order valence-corrected chi connectivity index (χ3v) is 4.82. The molecule has 1 aromatic heterocycles. The smallest absolute Gasteiger partial charge is 0.193 e. The zero-order valence-corrected chi connectivity index (χ0v) is 13.7. The van der Waals surface area contributed by atoms with Crippen LogP contribution in [-0.4, -0.2) is 47.3 Å². The van der Waals surface area contributed by atoms with Crippen molar-refractivity contribution in [2.75, 3.05) is 26.7 Å². The van der Waals surface area contributed by atoms with Gasteiger partial charge in [-0.1, -0.05) is 12.2 Å². The lowest BCUT2D eigenvalue weighted by Crippen LogP contribution is -2.42. The Balaban J connectivity index is 1.52. The van der Waals surface area contributed by atoms with E-state index in [1.165, 1.54) is 31.2 Å². The fourth-order valence-electron chi connectivity index (χ4n) is 3.49. The summed E-state index contributed by atoms with van der Waals surface area (Å²) in [5.74, 6) is 2.38. The van der Waals surface area contributed by atoms with E-state index in [0.717, 1.165) is 31.5 Å². The number of nitrogens with zero attached hydrogens (tertiary/aromatic N) is 4. The molecule has 2 aliphatic rings. The second-order valence-electron chi connectivity index (χ2n) is 6.46. The molecule has 0 spiro atoms. The van der Waals surface area contributed by atoms with Gasteiger partial charge in [0.1, 0.15) is 0 Å². The lowest BCUT2D eigenvalue weighted by Gasteiger charge is -2.25. The molecule has 0 amide bonds. The number of nitrogens with one attached hydrogen (secondary N) is 1. The van der Waals surface area contributed by atoms with Gasteiger partial charge in [-0.3, -0.25) is 9.67 Å². The Morgan fingerprint density at radius 2 is 2.32 bits per heavy atom. The van der Waals surface area contributed by atoms with E-state index in [4.69, 9.17) is 0 Å². The molecule has 1 fully saturated rings. The summed E-state index contributed by atoms with van der Waals surface area (Å²) in [6.07, 6.45) is 13.6. The van der Waals surface area contributed by atoms with E-state index in [-0.39, 0.29) is 0 Å². The number of rotatable bonds is 3. The lowest BCUT2D eigenvalue weighted by molar-refractivity contribution is 0.439. The molecular weight excluding hydrogens is 274 g/mol. The molecule has 0 aromatic carbocycles. The number of guanidine groups is 1. The summed E-state index contributed by atoms with van der Waals surface area (Å²) in [6.45, 7) is 3.14. The van der Waals surface area contributed by atoms with Gasteiger partial charge in [-0.25, -0.2) is 0 Å². The fraction of sp³-hybridized carbons (Fsp3) is 0.647. The third kappa shape index (κ3) is 3.51. The van der Waals surface area contributed by atoms with Gasteiger partial charge in [-0.15, -0.1) is 0 Å². The normalized spacial score (nSPS) is 25.7. The van der Waals surface area contributed by atoms with Gasteiger partial charge in [0.15, 0.2) is 5.96 Å². The summed E-state index contributed by atoms with van der Waals surface area (Å²) < 4.78 is 1.89. The van der Waals surface area contributed by atoms with E-state index < -0.39 is 0 Å². The highest BCUT2D eigenvalue weighted by Gasteiger charge is 2.27. The minimum atomic E-state index is 0.574. The van der Waals surface area contributed by atoms with Crippen LogP contribution in [0, 0.1) is 5.92 Å². The topological polar surface area (TPSA) is 45.5 Å². The predicted molar refractivity (Wildman–Crippen MR) is 90.0 cm³/mol. The summed E-state index contributed by atoms with van der Waals surface area (Å²) in [6, 6.07) is 0. The first-order valence-electron chi connectivity index (χ1n) is 8.35. The summed E-state index contributed by atoms with van der Waals surface area (Å²) in [5, 5.41) is 7.87. The predicted octanol–water partition coefficient (Wildman–Crippen LogP) is 2.14. The van der Waals surface area contributed by atoms with Crippen molar-refractivity contribution < 1.29 is 0 Å². The van der Waals surface area contributed by atoms with Crippen molar-refractivity contribution in [2.45, 2.75) is 31.6 Å². The van der Waals surface area contributed by atoms with Gasteiger partial charge in [-0.2, -0.15) is 5.10 Å². The van der Waals surface area contributed by atoms with E-state index in [1.54, 1.807) is 0 Å². The van der Waals surface area contributed by atoms with Gasteiger partial charge >= 0.3 is 0 Å². The number of hydrogen-bond donors (Lipinski definition) is 1. The first kappa shape index (κ1) is 15.1. The van der Waals surface area contributed by atoms with Crippen LogP contribution >= 0.6 is 0 Å². The van der Waals surface area contributed by atoms with E-state index in [0.29, 0.717) is 5.92 Å². The van der Waals surface area contributed by atoms with Gasteiger partial charge < -0.3 is 10.2 Å². The molecule has 2 atom stereocenters. The molecule has 0 saturated carbocycles. The van der Waals surface area contributed by atoms with Crippen LogP contribution in [0.2, 0.25) is 0 Å². The number of aryl methyl sites for hydroxylation is 1. The Labute approximate surface area is 133 Å². The largest absolute Gasteiger partial charge is 0.356 e. The van der Waals surface area contributed by atoms with Crippen molar-refractivity contribution in [3.8, 4) is 0 Å². The molecule has 2 unspecified atom stereocenters. The van der Waals surface area contributed by atoms with E-state index in [1.807, 2.05) is 25.0 Å². The minimum Gasteiger partial charge on any atom is -0.356 e. The molecule has 1 aromatic rings. The van der Waals surface area contributed by atoms with Crippen molar-refractivity contribution in [1.29, 1.82) is 0 Å². The molecule has 120 valence electrons. The molecule has 22 heavy (non-hydrogen) atoms. The molecule has 1 saturated heterocycles. The van der Waals surface area contributed by atoms with Crippen molar-refractivity contribution >= 4 is 5.96 Å². The number of aliphatic imine (C=N–C) groups is 1. The van der Waals surface area contributed by atoms with Crippen molar-refractivity contribution in [3.63, 3.8) is 0 Å². The standard InChI is InChI=1S/C17H27N5/c1-18-17(19-10-14-6-4-3-5-7-14)22-9-8-15(13-22)16-11-20-21(2)12-16/h3-4,11-12,14-15H,5-10,13H2,1-2H3,(H,18,19). The van der Waals surface area contributed by atoms with Gasteiger partial charge in [0, 0.05) is 45.8 Å². The molecular formula is C17H27N5. The van der Waals surface area contributed by atoms with Gasteiger partial charge in [-0.05, 0) is 37.2 Å². The first-order chi connectivity index (χ1) is 10.8. The Morgan fingerprint density at radius 1 is 1.41 bits per heavy atom. The van der Waals surface area contributed by atoms with Crippen LogP contribution in [0.4, 0.5) is 0 Å². The maximum Gasteiger partial charge on any atom is 0.193 e. The quantitative estimate of drug-likeness (QED) is 0.528. The highest BCUT2D eigenvalue weighted by molar-refractivity contribution is 5.80. The Kier molecular flexibility index (Phi) is 4.80. The van der Waals surface area contributed by atoms with Crippen LogP contribution in [0.3, 0.4) is 0 Å². The minimum absolute atomic E-state index is 0.574. The zero-order valence-electron chi connectivity index (χ0n) is 13.7. The number of likely N-dealkylation sites (tertiary alicyclic amines) is 1. The second-order valence-corrected chi connectivity index (χ2v) is 6.46. The summed E-state index contributed by atoms with van der Waals surface area (Å²) in [4.78, 5) is 6.87. The fourth-order valence-corrected chi connectivity index (χ4v) is 3.49. The molecule has 0 bridgehead atoms. The maximum atomic E-state index is 4.48. The van der Waals surface area contributed by atoms with Crippen LogP contribution in [0.1, 0.15) is 37.2 Å². The van der Waals surface area contributed by atoms with Gasteiger partial charge in [0.05, 0.1) is 6.20 Å². The van der Waals surface area contributed by atoms with E-state index in [9.17, 15) is 0 Å². The molecule has 2 heterocycles. The van der Waals surface area contributed by atoms with Crippen LogP contribution < -0.4 is 5.32 Å². The molecule has 1 N–H and O–H groups in total. The monoisotopic (exact) mass is 301 g/mol. The van der Waals surface area contributed by atoms with Crippen molar-refractivity contribution in [1.82, 2.24) is 20.0 Å². The molecule has 1 aliphatic heterocycles. The number of aromatic nitrogens is 2. The Morgan fingerprint density at radius 3 is 3.00 bits per heavy atom. The average Bonchev–Trinajstić information content (AvgIpc) is 3.18. The molecule has 0 radical (unpaired) electrons. The summed E-state index contributed by atoms with van der Waals surface area (Å²) in [5.41, 5.74) is 1.35. The molecule has 3 rings (SSSR count). The maximum absolute atomic E-state index is 4.48. The first-order valence-corrected chi connectivity index (χ1v) is 8.35. The zero-order chi connectivity index (χ0) is 15.4. The molecule has 5 heteroatoms. The molecule has 1 aliphatic carbocycles.